The summed E-state index contributed by atoms with van der Waals surface area (Å²) in [7, 11) is -2.42. The van der Waals surface area contributed by atoms with Crippen molar-refractivity contribution >= 4 is 13.5 Å². The van der Waals surface area contributed by atoms with Gasteiger partial charge in [0.05, 0.1) is 0 Å². The summed E-state index contributed by atoms with van der Waals surface area (Å²) in [4.78, 5) is 14.5. The van der Waals surface area contributed by atoms with E-state index in [2.05, 4.69) is 47.4 Å². The predicted molar refractivity (Wildman–Crippen MR) is 98.3 cm³/mol. The summed E-state index contributed by atoms with van der Waals surface area (Å²) >= 11 is 0. The van der Waals surface area contributed by atoms with Crippen molar-refractivity contribution in [2.75, 3.05) is 19.6 Å². The highest BCUT2D eigenvalue weighted by Gasteiger charge is 2.50. The molecule has 1 aromatic carbocycles. The van der Waals surface area contributed by atoms with Gasteiger partial charge in [0, 0.05) is 0 Å². The average Bonchev–Trinajstić information content (AvgIpc) is 3.25. The van der Waals surface area contributed by atoms with E-state index in [0.717, 1.165) is 18.5 Å². The van der Waals surface area contributed by atoms with Gasteiger partial charge in [0.15, 0.2) is 0 Å². The second-order valence-electron chi connectivity index (χ2n) is 7.83. The van der Waals surface area contributed by atoms with Crippen LogP contribution in [-0.2, 0) is 0 Å². The Balaban J connectivity index is 1.55. The molecule has 0 aromatic heterocycles. The highest BCUT2D eigenvalue weighted by Crippen LogP contribution is 2.51. The first kappa shape index (κ1) is 15.6. The molecule has 2 fully saturated rings. The van der Waals surface area contributed by atoms with Crippen molar-refractivity contribution in [2.24, 2.45) is 11.8 Å². The van der Waals surface area contributed by atoms with Crippen LogP contribution in [0, 0.1) is 11.8 Å². The third-order valence-corrected chi connectivity index (χ3v) is 10.6. The minimum atomic E-state index is -2.42. The zero-order chi connectivity index (χ0) is 15.7. The van der Waals surface area contributed by atoms with Gasteiger partial charge < -0.3 is 9.70 Å². The van der Waals surface area contributed by atoms with Crippen LogP contribution < -0.4 is 5.19 Å². The standard InChI is InChI=1S/C20H29NOSi/c22-23(19-7-3-1-4-8-19,14-13-21-11-5-2-6-12-21)20-16-17-9-10-18(20)15-17/h1,3-4,7-10,17-18,20,22H,2,5-6,11-16H2/t17-,18+,20+,23?/m0/s1. The molecule has 0 spiro atoms. The number of piperidine rings is 1. The van der Waals surface area contributed by atoms with Crippen LogP contribution in [0.3, 0.4) is 0 Å². The molecule has 4 atom stereocenters. The third-order valence-electron chi connectivity index (χ3n) is 6.42. The van der Waals surface area contributed by atoms with Crippen molar-refractivity contribution < 1.29 is 4.80 Å². The van der Waals surface area contributed by atoms with E-state index in [1.165, 1.54) is 50.4 Å². The molecule has 2 bridgehead atoms. The lowest BCUT2D eigenvalue weighted by Crippen LogP contribution is -2.55. The molecule has 2 nitrogen and oxygen atoms in total. The fraction of sp³-hybridized carbons (Fsp3) is 0.600. The minimum absolute atomic E-state index is 0.532. The van der Waals surface area contributed by atoms with E-state index in [9.17, 15) is 4.80 Å². The van der Waals surface area contributed by atoms with Crippen molar-refractivity contribution in [3.63, 3.8) is 0 Å². The summed E-state index contributed by atoms with van der Waals surface area (Å²) in [5, 5.41) is 1.27. The minimum Gasteiger partial charge on any atom is -0.427 e. The number of benzene rings is 1. The zero-order valence-electron chi connectivity index (χ0n) is 14.0. The molecular formula is C20H29NOSi. The molecular weight excluding hydrogens is 298 g/mol. The molecule has 2 aliphatic carbocycles. The first-order chi connectivity index (χ1) is 11.3. The lowest BCUT2D eigenvalue weighted by molar-refractivity contribution is 0.236. The Morgan fingerprint density at radius 3 is 2.43 bits per heavy atom. The highest BCUT2D eigenvalue weighted by atomic mass is 28.4. The van der Waals surface area contributed by atoms with Crippen molar-refractivity contribution in [1.29, 1.82) is 0 Å². The number of fused-ring (bicyclic) bond motifs is 2. The molecule has 23 heavy (non-hydrogen) atoms. The van der Waals surface area contributed by atoms with Crippen LogP contribution in [0.15, 0.2) is 42.5 Å². The molecule has 3 heteroatoms. The number of rotatable bonds is 5. The first-order valence-electron chi connectivity index (χ1n) is 9.44. The van der Waals surface area contributed by atoms with Crippen LogP contribution in [-0.4, -0.2) is 37.6 Å². The quantitative estimate of drug-likeness (QED) is 0.663. The molecule has 4 rings (SSSR count). The first-order valence-corrected chi connectivity index (χ1v) is 11.7. The maximum Gasteiger partial charge on any atom is 0.225 e. The van der Waals surface area contributed by atoms with Gasteiger partial charge in [0.1, 0.15) is 0 Å². The van der Waals surface area contributed by atoms with Crippen LogP contribution >= 0.6 is 0 Å². The number of likely N-dealkylation sites (tertiary alicyclic amines) is 1. The summed E-state index contributed by atoms with van der Waals surface area (Å²) in [6, 6.07) is 11.7. The number of nitrogens with zero attached hydrogens (tertiary/aromatic N) is 1. The van der Waals surface area contributed by atoms with E-state index in [-0.39, 0.29) is 0 Å². The van der Waals surface area contributed by atoms with Crippen LogP contribution in [0.5, 0.6) is 0 Å². The molecule has 1 saturated carbocycles. The molecule has 1 saturated heterocycles. The average molecular weight is 328 g/mol. The van der Waals surface area contributed by atoms with Crippen LogP contribution in [0.2, 0.25) is 11.6 Å². The number of allylic oxidation sites excluding steroid dienone is 2. The Bertz CT molecular complexity index is 554. The summed E-state index contributed by atoms with van der Waals surface area (Å²) in [6.07, 6.45) is 11.4. The van der Waals surface area contributed by atoms with E-state index < -0.39 is 8.32 Å². The van der Waals surface area contributed by atoms with E-state index in [0.29, 0.717) is 11.5 Å². The Kier molecular flexibility index (Phi) is 4.44. The van der Waals surface area contributed by atoms with Gasteiger partial charge in [-0.3, -0.25) is 0 Å². The SMILES string of the molecule is O[Si](CCN1CCCCC1)(c1ccccc1)[C@@H]1C[C@H]2C=C[C@@H]1C2. The molecule has 1 aliphatic heterocycles. The van der Waals surface area contributed by atoms with Crippen molar-refractivity contribution in [2.45, 2.75) is 43.7 Å². The number of hydrogen-bond donors (Lipinski definition) is 1. The molecule has 1 unspecified atom stereocenters. The Morgan fingerprint density at radius 1 is 1.00 bits per heavy atom. The normalized spacial score (nSPS) is 33.0. The smallest absolute Gasteiger partial charge is 0.225 e. The monoisotopic (exact) mass is 327 g/mol. The zero-order valence-corrected chi connectivity index (χ0v) is 15.0. The van der Waals surface area contributed by atoms with Gasteiger partial charge in [0.25, 0.3) is 0 Å². The van der Waals surface area contributed by atoms with Gasteiger partial charge in [-0.1, -0.05) is 48.9 Å². The van der Waals surface area contributed by atoms with Crippen molar-refractivity contribution in [3.05, 3.63) is 42.5 Å². The second-order valence-corrected chi connectivity index (χ2v) is 11.5. The largest absolute Gasteiger partial charge is 0.427 e. The molecule has 0 amide bonds. The van der Waals surface area contributed by atoms with Gasteiger partial charge in [-0.05, 0) is 73.9 Å². The molecule has 1 heterocycles. The lowest BCUT2D eigenvalue weighted by atomic mass is 10.1. The summed E-state index contributed by atoms with van der Waals surface area (Å²) in [5.74, 6) is 1.38. The lowest BCUT2D eigenvalue weighted by Gasteiger charge is -2.37. The van der Waals surface area contributed by atoms with E-state index in [4.69, 9.17) is 0 Å². The Hall–Kier alpha value is -0.903. The Morgan fingerprint density at radius 2 is 1.78 bits per heavy atom. The molecule has 124 valence electrons. The molecule has 0 radical (unpaired) electrons. The van der Waals surface area contributed by atoms with E-state index >= 15 is 0 Å². The van der Waals surface area contributed by atoms with E-state index in [1.54, 1.807) is 0 Å². The van der Waals surface area contributed by atoms with Gasteiger partial charge in [0.2, 0.25) is 8.32 Å². The third kappa shape index (κ3) is 3.07. The Labute approximate surface area is 141 Å². The van der Waals surface area contributed by atoms with Crippen LogP contribution in [0.1, 0.15) is 32.1 Å². The van der Waals surface area contributed by atoms with Crippen molar-refractivity contribution in [3.8, 4) is 0 Å². The molecule has 1 N–H and O–H groups in total. The summed E-state index contributed by atoms with van der Waals surface area (Å²) < 4.78 is 0. The molecule has 1 aromatic rings. The predicted octanol–water partition coefficient (Wildman–Crippen LogP) is 3.28. The summed E-state index contributed by atoms with van der Waals surface area (Å²) in [6.45, 7) is 3.56. The molecule has 3 aliphatic rings. The highest BCUT2D eigenvalue weighted by molar-refractivity contribution is 6.86. The van der Waals surface area contributed by atoms with Gasteiger partial charge in [-0.2, -0.15) is 0 Å². The fourth-order valence-corrected chi connectivity index (χ4v) is 9.27. The maximum atomic E-state index is 11.9. The van der Waals surface area contributed by atoms with Gasteiger partial charge in [-0.25, -0.2) is 0 Å². The van der Waals surface area contributed by atoms with Gasteiger partial charge >= 0.3 is 0 Å². The van der Waals surface area contributed by atoms with Crippen LogP contribution in [0.25, 0.3) is 0 Å². The fourth-order valence-electron chi connectivity index (χ4n) is 5.11. The topological polar surface area (TPSA) is 23.5 Å². The van der Waals surface area contributed by atoms with Gasteiger partial charge in [-0.15, -0.1) is 0 Å². The summed E-state index contributed by atoms with van der Waals surface area (Å²) in [5.41, 5.74) is 0.532. The van der Waals surface area contributed by atoms with E-state index in [1.807, 2.05) is 0 Å². The van der Waals surface area contributed by atoms with Crippen molar-refractivity contribution in [1.82, 2.24) is 4.90 Å². The second kappa shape index (κ2) is 6.54. The number of hydrogen-bond acceptors (Lipinski definition) is 2. The van der Waals surface area contributed by atoms with Crippen LogP contribution in [0.4, 0.5) is 0 Å². The maximum absolute atomic E-state index is 11.9.